The van der Waals surface area contributed by atoms with E-state index in [0.29, 0.717) is 5.56 Å². The van der Waals surface area contributed by atoms with E-state index in [2.05, 4.69) is 41.0 Å². The van der Waals surface area contributed by atoms with Gasteiger partial charge >= 0.3 is 5.97 Å². The van der Waals surface area contributed by atoms with Gasteiger partial charge in [-0.3, -0.25) is 18.3 Å². The van der Waals surface area contributed by atoms with Gasteiger partial charge in [-0.15, -0.1) is 0 Å². The zero-order chi connectivity index (χ0) is 46.5. The second-order valence-corrected chi connectivity index (χ2v) is 23.1. The number of hydrogen-bond acceptors (Lipinski definition) is 12. The lowest BCUT2D eigenvalue weighted by atomic mass is 9.96. The Morgan fingerprint density at radius 2 is 1.38 bits per heavy atom. The van der Waals surface area contributed by atoms with Crippen LogP contribution in [0.25, 0.3) is 11.2 Å². The largest absolute Gasteiger partial charge is 0.455 e. The van der Waals surface area contributed by atoms with E-state index in [0.717, 1.165) is 21.5 Å². The lowest BCUT2D eigenvalue weighted by Crippen LogP contribution is -2.68. The van der Waals surface area contributed by atoms with Crippen molar-refractivity contribution in [1.82, 2.24) is 19.5 Å². The monoisotopic (exact) mass is 925 g/mol. The lowest BCUT2D eigenvalue weighted by molar-refractivity contribution is -0.160. The van der Waals surface area contributed by atoms with Crippen molar-refractivity contribution in [1.29, 1.82) is 0 Å². The lowest BCUT2D eigenvalue weighted by Gasteiger charge is -2.45. The van der Waals surface area contributed by atoms with E-state index >= 15 is 0 Å². The van der Waals surface area contributed by atoms with Crippen LogP contribution in [0.2, 0.25) is 5.04 Å². The van der Waals surface area contributed by atoms with Crippen LogP contribution in [0, 0.1) is 6.92 Å². The Balaban J connectivity index is 1.29. The third-order valence-electron chi connectivity index (χ3n) is 11.6. The van der Waals surface area contributed by atoms with Gasteiger partial charge in [0.05, 0.1) is 24.4 Å². The fourth-order valence-corrected chi connectivity index (χ4v) is 14.0. The molecule has 14 nitrogen and oxygen atoms in total. The highest BCUT2D eigenvalue weighted by Gasteiger charge is 2.62. The summed E-state index contributed by atoms with van der Waals surface area (Å²) in [6.07, 6.45) is -1.06. The summed E-state index contributed by atoms with van der Waals surface area (Å²) in [4.78, 5) is 40.1. The molecule has 340 valence electrons. The highest BCUT2D eigenvalue weighted by molar-refractivity contribution is 7.86. The predicted molar refractivity (Wildman–Crippen MR) is 251 cm³/mol. The Hall–Kier alpha value is -6.40. The minimum Gasteiger partial charge on any atom is -0.455 e. The molecule has 66 heavy (non-hydrogen) atoms. The zero-order valence-electron chi connectivity index (χ0n) is 37.2. The van der Waals surface area contributed by atoms with Gasteiger partial charge in [-0.1, -0.05) is 148 Å². The van der Waals surface area contributed by atoms with E-state index in [9.17, 15) is 18.0 Å². The average Bonchev–Trinajstić information content (AvgIpc) is 3.88. The van der Waals surface area contributed by atoms with Crippen molar-refractivity contribution < 1.29 is 40.8 Å². The summed E-state index contributed by atoms with van der Waals surface area (Å²) in [6, 6.07) is 44.3. The summed E-state index contributed by atoms with van der Waals surface area (Å²) in [6.45, 7) is 8.58. The van der Waals surface area contributed by atoms with Crippen LogP contribution in [0.4, 0.5) is 5.82 Å². The molecule has 1 aliphatic rings. The molecular weight excluding hydrogens is 875 g/mol. The van der Waals surface area contributed by atoms with E-state index in [1.807, 2.05) is 104 Å². The van der Waals surface area contributed by atoms with Crippen LogP contribution in [0.1, 0.15) is 55.4 Å². The number of ether oxygens (including phenoxy) is 3. The zero-order valence-corrected chi connectivity index (χ0v) is 39.1. The van der Waals surface area contributed by atoms with Crippen LogP contribution >= 0.6 is 0 Å². The fourth-order valence-electron chi connectivity index (χ4n) is 8.47. The number of anilines is 1. The molecule has 0 radical (unpaired) electrons. The van der Waals surface area contributed by atoms with E-state index in [4.69, 9.17) is 22.8 Å². The standard InChI is InChI=1S/C50H51N5O9SSi/c1-35-26-28-39(29-27-35)65(58,59)61-31-50(32-62-66(49(3,4)5,40-22-14-8-15-23-40)41-24-16-9-17-25-41)44(60-30-37-18-10-6-11-19-37)43(63-36(2)56)48(64-50)55-34-53-42-45(51-33-52-46(42)55)54-47(57)38-20-12-7-13-21-38/h6-29,33-34,43-44,48H,30-32H2,1-5H3,(H,51,52,54,57)/t43-,44+,48-,50-/m1/s1. The quantitative estimate of drug-likeness (QED) is 0.0591. The number of carbonyl (C=O) groups is 2. The molecular formula is C50H51N5O9SSi. The molecule has 0 aliphatic carbocycles. The number of amides is 1. The van der Waals surface area contributed by atoms with E-state index in [1.54, 1.807) is 41.0 Å². The van der Waals surface area contributed by atoms with Gasteiger partial charge in [0, 0.05) is 12.5 Å². The van der Waals surface area contributed by atoms with Gasteiger partial charge in [0.1, 0.15) is 24.6 Å². The SMILES string of the molecule is CC(=O)O[C@H]1[C@H](n2cnc3c(NC(=O)c4ccccc4)ncnc32)O[C@@](CO[Si](c2ccccc2)(c2ccccc2)C(C)(C)C)(COS(=O)(=O)c2ccc(C)cc2)[C@H]1OCc1ccccc1. The molecule has 0 bridgehead atoms. The van der Waals surface area contributed by atoms with Crippen molar-refractivity contribution in [2.75, 3.05) is 18.5 Å². The Labute approximate surface area is 385 Å². The molecule has 3 heterocycles. The van der Waals surface area contributed by atoms with E-state index in [1.165, 1.54) is 31.7 Å². The smallest absolute Gasteiger partial charge is 0.303 e. The average molecular weight is 926 g/mol. The van der Waals surface area contributed by atoms with Gasteiger partial charge in [0.15, 0.2) is 29.3 Å². The number of rotatable bonds is 16. The van der Waals surface area contributed by atoms with Gasteiger partial charge in [0.2, 0.25) is 0 Å². The molecule has 0 unspecified atom stereocenters. The highest BCUT2D eigenvalue weighted by Crippen LogP contribution is 2.46. The maximum Gasteiger partial charge on any atom is 0.303 e. The molecule has 1 N–H and O–H groups in total. The second-order valence-electron chi connectivity index (χ2n) is 17.2. The topological polar surface area (TPSA) is 170 Å². The Bertz CT molecular complexity index is 2850. The van der Waals surface area contributed by atoms with Crippen LogP contribution in [0.5, 0.6) is 0 Å². The van der Waals surface area contributed by atoms with Crippen molar-refractivity contribution in [3.63, 3.8) is 0 Å². The first-order valence-electron chi connectivity index (χ1n) is 21.5. The second kappa shape index (κ2) is 19.2. The molecule has 0 spiro atoms. The Kier molecular flexibility index (Phi) is 13.4. The molecule has 8 rings (SSSR count). The van der Waals surface area contributed by atoms with Crippen molar-refractivity contribution in [2.24, 2.45) is 0 Å². The number of hydrogen-bond donors (Lipinski definition) is 1. The van der Waals surface area contributed by atoms with Crippen molar-refractivity contribution in [2.45, 2.75) is 75.2 Å². The molecule has 4 atom stereocenters. The third kappa shape index (κ3) is 9.47. The molecule has 1 fully saturated rings. The number of aryl methyl sites for hydroxylation is 1. The summed E-state index contributed by atoms with van der Waals surface area (Å²) in [7, 11) is -7.82. The molecule has 16 heteroatoms. The summed E-state index contributed by atoms with van der Waals surface area (Å²) >= 11 is 0. The Morgan fingerprint density at radius 1 is 0.788 bits per heavy atom. The number of carbonyl (C=O) groups excluding carboxylic acids is 2. The van der Waals surface area contributed by atoms with Gasteiger partial charge in [-0.25, -0.2) is 15.0 Å². The number of esters is 1. The van der Waals surface area contributed by atoms with Gasteiger partial charge < -0.3 is 24.0 Å². The van der Waals surface area contributed by atoms with E-state index in [-0.39, 0.29) is 35.1 Å². The number of nitrogens with zero attached hydrogens (tertiary/aromatic N) is 4. The van der Waals surface area contributed by atoms with Gasteiger partial charge in [-0.2, -0.15) is 8.42 Å². The van der Waals surface area contributed by atoms with E-state index < -0.39 is 66.0 Å². The summed E-state index contributed by atoms with van der Waals surface area (Å²) < 4.78 is 63.9. The molecule has 7 aromatic rings. The van der Waals surface area contributed by atoms with Gasteiger partial charge in [-0.05, 0) is 52.2 Å². The van der Waals surface area contributed by atoms with Crippen molar-refractivity contribution >= 4 is 57.7 Å². The number of nitrogens with one attached hydrogen (secondary N) is 1. The molecule has 2 aromatic heterocycles. The van der Waals surface area contributed by atoms with Crippen molar-refractivity contribution in [3.05, 3.63) is 175 Å². The Morgan fingerprint density at radius 3 is 1.97 bits per heavy atom. The molecule has 0 saturated carbocycles. The molecule has 1 saturated heterocycles. The van der Waals surface area contributed by atoms with Crippen LogP contribution in [-0.2, 0) is 44.3 Å². The normalized spacial score (nSPS) is 18.8. The highest BCUT2D eigenvalue weighted by atomic mass is 32.2. The first kappa shape index (κ1) is 46.1. The number of benzene rings is 5. The predicted octanol–water partition coefficient (Wildman–Crippen LogP) is 7.15. The third-order valence-corrected chi connectivity index (χ3v) is 17.9. The molecule has 1 amide bonds. The summed E-state index contributed by atoms with van der Waals surface area (Å²) in [5.74, 6) is -0.949. The van der Waals surface area contributed by atoms with Crippen LogP contribution in [0.15, 0.2) is 163 Å². The molecule has 1 aliphatic heterocycles. The maximum atomic E-state index is 14.2. The summed E-state index contributed by atoms with van der Waals surface area (Å²) in [5, 5.41) is 4.24. The fraction of sp³-hybridized carbons (Fsp3) is 0.260. The first-order chi connectivity index (χ1) is 31.7. The number of fused-ring (bicyclic) bond motifs is 1. The van der Waals surface area contributed by atoms with Crippen molar-refractivity contribution in [3.8, 4) is 0 Å². The minimum atomic E-state index is -4.43. The number of aromatic nitrogens is 4. The summed E-state index contributed by atoms with van der Waals surface area (Å²) in [5.41, 5.74) is 0.670. The first-order valence-corrected chi connectivity index (χ1v) is 24.8. The van der Waals surface area contributed by atoms with Crippen LogP contribution in [-0.4, -0.2) is 79.2 Å². The van der Waals surface area contributed by atoms with Crippen LogP contribution in [0.3, 0.4) is 0 Å². The minimum absolute atomic E-state index is 0.00748. The number of imidazole rings is 1. The van der Waals surface area contributed by atoms with Crippen LogP contribution < -0.4 is 15.7 Å². The maximum absolute atomic E-state index is 14.2. The molecule has 5 aromatic carbocycles. The van der Waals surface area contributed by atoms with Gasteiger partial charge in [0.25, 0.3) is 24.3 Å².